The molecule has 234 valence electrons. The Morgan fingerprint density at radius 2 is 1.81 bits per heavy atom. The molecule has 1 amide bonds. The first kappa shape index (κ1) is 33.0. The summed E-state index contributed by atoms with van der Waals surface area (Å²) in [6, 6.07) is 8.92. The third-order valence-corrected chi connectivity index (χ3v) is 9.78. The molecule has 2 aromatic rings. The highest BCUT2D eigenvalue weighted by Crippen LogP contribution is 2.41. The molecule has 0 saturated carbocycles. The number of nitrogens with one attached hydrogen (secondary N) is 1. The van der Waals surface area contributed by atoms with Crippen molar-refractivity contribution < 1.29 is 34.1 Å². The van der Waals surface area contributed by atoms with Gasteiger partial charge in [0.1, 0.15) is 5.78 Å². The molecule has 2 aliphatic rings. The molecule has 0 unspecified atom stereocenters. The molecule has 3 N–H and O–H groups in total. The topological polar surface area (TPSA) is 138 Å². The molecule has 1 aromatic heterocycles. The summed E-state index contributed by atoms with van der Waals surface area (Å²) in [5.41, 5.74) is -1.49. The molecular formula is C33H44N2O7S. The maximum absolute atomic E-state index is 14.2. The van der Waals surface area contributed by atoms with Gasteiger partial charge in [-0.3, -0.25) is 14.4 Å². The highest BCUT2D eigenvalue weighted by atomic mass is 32.1. The summed E-state index contributed by atoms with van der Waals surface area (Å²) in [5, 5.41) is 27.7. The lowest BCUT2D eigenvalue weighted by Gasteiger charge is -2.36. The first-order valence-corrected chi connectivity index (χ1v) is 15.9. The Labute approximate surface area is 257 Å². The van der Waals surface area contributed by atoms with Crippen LogP contribution in [0.15, 0.2) is 41.3 Å². The number of carbonyl (C=O) groups is 3. The molecule has 2 fully saturated rings. The summed E-state index contributed by atoms with van der Waals surface area (Å²) < 4.78 is 12.1. The number of aliphatic hydroxyl groups is 2. The fraction of sp³-hybridized carbons (Fsp3) is 0.576. The highest BCUT2D eigenvalue weighted by molar-refractivity contribution is 7.09. The number of rotatable bonds is 4. The number of para-hydroxylation sites is 1. The zero-order valence-electron chi connectivity index (χ0n) is 25.8. The van der Waals surface area contributed by atoms with E-state index in [4.69, 9.17) is 9.47 Å². The van der Waals surface area contributed by atoms with E-state index in [-0.39, 0.29) is 30.3 Å². The second-order valence-electron chi connectivity index (χ2n) is 12.7. The number of aromatic nitrogens is 1. The number of hydrogen-bond donors (Lipinski definition) is 3. The van der Waals surface area contributed by atoms with Crippen LogP contribution in [0.1, 0.15) is 77.4 Å². The lowest BCUT2D eigenvalue weighted by atomic mass is 9.73. The minimum absolute atomic E-state index is 0.0706. The number of anilines is 1. The minimum Gasteiger partial charge on any atom is -0.444 e. The number of aryl methyl sites for hydroxylation is 1. The Hall–Kier alpha value is -2.92. The number of ether oxygens (including phenoxy) is 2. The smallest absolute Gasteiger partial charge is 0.309 e. The summed E-state index contributed by atoms with van der Waals surface area (Å²) in [5.74, 6) is -2.60. The van der Waals surface area contributed by atoms with E-state index in [0.717, 1.165) is 11.4 Å². The number of thiazole rings is 1. The van der Waals surface area contributed by atoms with E-state index in [1.54, 1.807) is 58.0 Å². The van der Waals surface area contributed by atoms with Crippen molar-refractivity contribution in [2.45, 2.75) is 104 Å². The van der Waals surface area contributed by atoms with E-state index in [1.165, 1.54) is 11.3 Å². The van der Waals surface area contributed by atoms with Crippen molar-refractivity contribution in [3.63, 3.8) is 0 Å². The van der Waals surface area contributed by atoms with Crippen LogP contribution in [-0.4, -0.2) is 62.9 Å². The number of hydrogen-bond acceptors (Lipinski definition) is 9. The largest absolute Gasteiger partial charge is 0.444 e. The summed E-state index contributed by atoms with van der Waals surface area (Å²) >= 11 is 1.47. The van der Waals surface area contributed by atoms with Crippen LogP contribution >= 0.6 is 11.3 Å². The molecular weight excluding hydrogens is 568 g/mol. The molecule has 9 nitrogen and oxygen atoms in total. The maximum Gasteiger partial charge on any atom is 0.309 e. The van der Waals surface area contributed by atoms with E-state index in [9.17, 15) is 24.6 Å². The van der Waals surface area contributed by atoms with Crippen molar-refractivity contribution in [2.24, 2.45) is 17.3 Å². The normalized spacial score (nSPS) is 32.4. The maximum atomic E-state index is 14.2. The molecule has 0 aliphatic carbocycles. The summed E-state index contributed by atoms with van der Waals surface area (Å²) in [4.78, 5) is 45.8. The predicted octanol–water partition coefficient (Wildman–Crippen LogP) is 5.10. The van der Waals surface area contributed by atoms with Gasteiger partial charge < -0.3 is 25.0 Å². The van der Waals surface area contributed by atoms with E-state index < -0.39 is 47.4 Å². The van der Waals surface area contributed by atoms with Crippen LogP contribution in [0.3, 0.4) is 0 Å². The average Bonchev–Trinajstić information content (AvgIpc) is 3.57. The molecule has 4 rings (SSSR count). The molecule has 2 saturated heterocycles. The van der Waals surface area contributed by atoms with Crippen molar-refractivity contribution in [1.29, 1.82) is 0 Å². The zero-order chi connectivity index (χ0) is 31.5. The number of epoxide rings is 1. The number of cyclic esters (lactones) is 1. The van der Waals surface area contributed by atoms with Crippen molar-refractivity contribution in [3.05, 3.63) is 52.0 Å². The highest BCUT2D eigenvalue weighted by Gasteiger charge is 2.53. The van der Waals surface area contributed by atoms with Gasteiger partial charge in [-0.1, -0.05) is 52.3 Å². The van der Waals surface area contributed by atoms with Crippen molar-refractivity contribution in [1.82, 2.24) is 4.98 Å². The third-order valence-electron chi connectivity index (χ3n) is 8.99. The first-order chi connectivity index (χ1) is 20.2. The standard InChI is InChI=1S/C33H44N2O7S/c1-19-11-10-14-25-26(41-25)17-33(20(2)15-24-18-43-22(4)34-24,31(40)35-23-12-8-7-9-13-23)42-28(37)16-27(36)32(5,6)30(39)21(3)29(19)38/h7-9,12-13,15,18-19,21,25-27,29,36,38H,10-11,14,16-17H2,1-6H3,(H,35,40)/b20-15+/t19-,21+,25+,26-,27-,29-,33-/m0/s1. The van der Waals surface area contributed by atoms with Crippen LogP contribution in [-0.2, 0) is 23.9 Å². The van der Waals surface area contributed by atoms with Gasteiger partial charge in [-0.25, -0.2) is 4.98 Å². The Bertz CT molecular complexity index is 1340. The van der Waals surface area contributed by atoms with Gasteiger partial charge in [0.25, 0.3) is 5.91 Å². The number of amides is 1. The second-order valence-corrected chi connectivity index (χ2v) is 13.7. The lowest BCUT2D eigenvalue weighted by molar-refractivity contribution is -0.167. The quantitative estimate of drug-likeness (QED) is 0.320. The van der Waals surface area contributed by atoms with Crippen LogP contribution in [0.2, 0.25) is 0 Å². The number of nitrogens with zero attached hydrogens (tertiary/aromatic N) is 1. The molecule has 2 aliphatic heterocycles. The van der Waals surface area contributed by atoms with E-state index >= 15 is 0 Å². The van der Waals surface area contributed by atoms with Crippen LogP contribution in [0.4, 0.5) is 5.69 Å². The molecule has 7 atom stereocenters. The summed E-state index contributed by atoms with van der Waals surface area (Å²) in [7, 11) is 0. The van der Waals surface area contributed by atoms with Gasteiger partial charge in [-0.05, 0) is 56.4 Å². The Morgan fingerprint density at radius 3 is 2.47 bits per heavy atom. The third kappa shape index (κ3) is 7.60. The molecule has 0 spiro atoms. The lowest BCUT2D eigenvalue weighted by Crippen LogP contribution is -2.50. The van der Waals surface area contributed by atoms with Gasteiger partial charge in [0.15, 0.2) is 0 Å². The van der Waals surface area contributed by atoms with E-state index in [1.807, 2.05) is 25.3 Å². The number of benzene rings is 1. The molecule has 1 aromatic carbocycles. The molecule has 10 heteroatoms. The predicted molar refractivity (Wildman–Crippen MR) is 165 cm³/mol. The molecule has 0 bridgehead atoms. The number of ketones is 1. The number of carbonyl (C=O) groups excluding carboxylic acids is 3. The van der Waals surface area contributed by atoms with Crippen LogP contribution in [0.25, 0.3) is 6.08 Å². The second kappa shape index (κ2) is 13.4. The van der Waals surface area contributed by atoms with Gasteiger partial charge in [-0.15, -0.1) is 11.3 Å². The average molecular weight is 613 g/mol. The summed E-state index contributed by atoms with van der Waals surface area (Å²) in [6.07, 6.45) is 0.659. The Balaban J connectivity index is 1.75. The number of fused-ring (bicyclic) bond motifs is 1. The Morgan fingerprint density at radius 1 is 1.12 bits per heavy atom. The monoisotopic (exact) mass is 612 g/mol. The SMILES string of the molecule is C/C(=C\c1csc(C)n1)[C@]1(C(=O)Nc2ccccc2)C[C@@H]2O[C@@H]2CCC[C@H](C)[C@H](O)[C@@H](C)C(=O)C(C)(C)[C@@H](O)CC(=O)O1. The number of Topliss-reactive ketones (excluding diaryl/α,β-unsaturated/α-hetero) is 1. The molecule has 0 radical (unpaired) electrons. The van der Waals surface area contributed by atoms with Gasteiger partial charge >= 0.3 is 5.97 Å². The van der Waals surface area contributed by atoms with Gasteiger partial charge in [0, 0.05) is 23.4 Å². The molecule has 43 heavy (non-hydrogen) atoms. The van der Waals surface area contributed by atoms with Crippen LogP contribution < -0.4 is 5.32 Å². The van der Waals surface area contributed by atoms with Crippen LogP contribution in [0, 0.1) is 24.2 Å². The summed E-state index contributed by atoms with van der Waals surface area (Å²) in [6.45, 7) is 10.3. The van der Waals surface area contributed by atoms with Crippen LogP contribution in [0.5, 0.6) is 0 Å². The fourth-order valence-electron chi connectivity index (χ4n) is 5.90. The number of esters is 1. The fourth-order valence-corrected chi connectivity index (χ4v) is 6.47. The van der Waals surface area contributed by atoms with E-state index in [0.29, 0.717) is 29.8 Å². The Kier molecular flexibility index (Phi) is 10.3. The van der Waals surface area contributed by atoms with Gasteiger partial charge in [0.05, 0.1) is 47.0 Å². The first-order valence-electron chi connectivity index (χ1n) is 15.0. The van der Waals surface area contributed by atoms with E-state index in [2.05, 4.69) is 10.3 Å². The van der Waals surface area contributed by atoms with Crippen molar-refractivity contribution in [3.8, 4) is 0 Å². The number of aliphatic hydroxyl groups excluding tert-OH is 2. The zero-order valence-corrected chi connectivity index (χ0v) is 26.6. The minimum atomic E-state index is -1.77. The molecule has 3 heterocycles. The van der Waals surface area contributed by atoms with Gasteiger partial charge in [0.2, 0.25) is 5.60 Å². The van der Waals surface area contributed by atoms with Gasteiger partial charge in [-0.2, -0.15) is 0 Å². The van der Waals surface area contributed by atoms with Crippen molar-refractivity contribution >= 4 is 40.8 Å². The van der Waals surface area contributed by atoms with Crippen molar-refractivity contribution in [2.75, 3.05) is 5.32 Å².